The lowest BCUT2D eigenvalue weighted by Gasteiger charge is -1.93. The van der Waals surface area contributed by atoms with Crippen molar-refractivity contribution in [3.05, 3.63) is 41.0 Å². The summed E-state index contributed by atoms with van der Waals surface area (Å²) in [6.45, 7) is 0. The summed E-state index contributed by atoms with van der Waals surface area (Å²) in [5.41, 5.74) is 0.873. The zero-order valence-electron chi connectivity index (χ0n) is 7.27. The summed E-state index contributed by atoms with van der Waals surface area (Å²) < 4.78 is 0. The van der Waals surface area contributed by atoms with Gasteiger partial charge in [0, 0.05) is 22.9 Å². The smallest absolute Gasteiger partial charge is 0.267 e. The van der Waals surface area contributed by atoms with Gasteiger partial charge in [-0.15, -0.1) is 0 Å². The first-order valence-corrected chi connectivity index (χ1v) is 4.33. The molecule has 1 aromatic carbocycles. The number of amides is 1. The fourth-order valence-corrected chi connectivity index (χ4v) is 1.67. The molecule has 0 N–H and O–H groups in total. The van der Waals surface area contributed by atoms with E-state index in [0.717, 1.165) is 21.5 Å². The minimum atomic E-state index is -0.184. The van der Waals surface area contributed by atoms with Crippen LogP contribution in [0.25, 0.3) is 17.0 Å². The fourth-order valence-electron chi connectivity index (χ4n) is 1.67. The molecule has 1 aromatic heterocycles. The van der Waals surface area contributed by atoms with Crippen LogP contribution in [0.3, 0.4) is 0 Å². The molecular weight excluding hydrogens is 176 g/mol. The lowest BCUT2D eigenvalue weighted by atomic mass is 10.2. The normalized spacial score (nSPS) is 13.6. The average molecular weight is 182 g/mol. The van der Waals surface area contributed by atoms with E-state index in [9.17, 15) is 4.79 Å². The largest absolute Gasteiger partial charge is 0.270 e. The van der Waals surface area contributed by atoms with E-state index in [4.69, 9.17) is 0 Å². The summed E-state index contributed by atoms with van der Waals surface area (Å²) in [7, 11) is 0. The maximum atomic E-state index is 11.1. The number of carbonyl (C=O) groups excluding carboxylic acids is 1. The lowest BCUT2D eigenvalue weighted by molar-refractivity contribution is -0.112. The standard InChI is InChI=1S/C11H6N2O/c14-10-6-7-3-4-9-8(11(7)13-10)2-1-5-12-9/h1-6H. The molecule has 3 heteroatoms. The third-order valence-electron chi connectivity index (χ3n) is 2.29. The summed E-state index contributed by atoms with van der Waals surface area (Å²) in [6.07, 6.45) is 3.27. The minimum Gasteiger partial charge on any atom is -0.267 e. The highest BCUT2D eigenvalue weighted by atomic mass is 16.1. The number of aromatic nitrogens is 1. The Kier molecular flexibility index (Phi) is 1.31. The van der Waals surface area contributed by atoms with Crippen LogP contribution in [0.15, 0.2) is 35.5 Å². The van der Waals surface area contributed by atoms with E-state index in [0.29, 0.717) is 0 Å². The Morgan fingerprint density at radius 2 is 2.07 bits per heavy atom. The summed E-state index contributed by atoms with van der Waals surface area (Å²) in [6, 6.07) is 7.55. The van der Waals surface area contributed by atoms with Crippen LogP contribution in [0.5, 0.6) is 0 Å². The highest BCUT2D eigenvalue weighted by molar-refractivity contribution is 6.07. The predicted octanol–water partition coefficient (Wildman–Crippen LogP) is 0.175. The number of hydrogen-bond donors (Lipinski definition) is 0. The van der Waals surface area contributed by atoms with Crippen molar-refractivity contribution >= 4 is 22.9 Å². The van der Waals surface area contributed by atoms with Gasteiger partial charge >= 0.3 is 0 Å². The van der Waals surface area contributed by atoms with Crippen LogP contribution in [0.2, 0.25) is 0 Å². The number of fused-ring (bicyclic) bond motifs is 3. The molecule has 0 atom stereocenters. The monoisotopic (exact) mass is 182 g/mol. The Bertz CT molecular complexity index is 659. The van der Waals surface area contributed by atoms with E-state index in [-0.39, 0.29) is 5.91 Å². The van der Waals surface area contributed by atoms with Gasteiger partial charge in [-0.3, -0.25) is 9.78 Å². The summed E-state index contributed by atoms with van der Waals surface area (Å²) in [5, 5.41) is 2.57. The Hall–Kier alpha value is -2.03. The van der Waals surface area contributed by atoms with Gasteiger partial charge in [-0.1, -0.05) is 6.07 Å². The minimum absolute atomic E-state index is 0.184. The van der Waals surface area contributed by atoms with Crippen molar-refractivity contribution in [2.75, 3.05) is 0 Å². The molecule has 0 radical (unpaired) electrons. The highest BCUT2D eigenvalue weighted by Crippen LogP contribution is 2.03. The second kappa shape index (κ2) is 2.48. The van der Waals surface area contributed by atoms with Crippen LogP contribution in [-0.4, -0.2) is 10.9 Å². The molecule has 1 aliphatic heterocycles. The molecule has 0 fully saturated rings. The molecule has 0 saturated carbocycles. The molecule has 1 amide bonds. The molecular formula is C11H6N2O. The van der Waals surface area contributed by atoms with Crippen LogP contribution in [0.4, 0.5) is 0 Å². The van der Waals surface area contributed by atoms with Gasteiger partial charge in [0.2, 0.25) is 0 Å². The number of nitrogens with zero attached hydrogens (tertiary/aromatic N) is 2. The molecule has 0 bridgehead atoms. The Balaban J connectivity index is 2.65. The van der Waals surface area contributed by atoms with Crippen molar-refractivity contribution in [2.24, 2.45) is 4.99 Å². The number of benzene rings is 1. The first-order valence-electron chi connectivity index (χ1n) is 4.33. The van der Waals surface area contributed by atoms with E-state index < -0.39 is 0 Å². The molecule has 2 heterocycles. The predicted molar refractivity (Wildman–Crippen MR) is 52.0 cm³/mol. The number of pyridine rings is 1. The van der Waals surface area contributed by atoms with Crippen molar-refractivity contribution < 1.29 is 4.79 Å². The van der Waals surface area contributed by atoms with Crippen LogP contribution >= 0.6 is 0 Å². The van der Waals surface area contributed by atoms with E-state index in [1.54, 1.807) is 12.3 Å². The van der Waals surface area contributed by atoms with E-state index >= 15 is 0 Å². The van der Waals surface area contributed by atoms with Gasteiger partial charge < -0.3 is 0 Å². The van der Waals surface area contributed by atoms with Crippen LogP contribution in [-0.2, 0) is 4.79 Å². The van der Waals surface area contributed by atoms with Gasteiger partial charge in [-0.2, -0.15) is 0 Å². The Labute approximate surface area is 79.4 Å². The molecule has 3 nitrogen and oxygen atoms in total. The first-order chi connectivity index (χ1) is 6.84. The quantitative estimate of drug-likeness (QED) is 0.583. The first kappa shape index (κ1) is 7.38. The topological polar surface area (TPSA) is 42.3 Å². The van der Waals surface area contributed by atoms with Crippen LogP contribution in [0.1, 0.15) is 0 Å². The molecule has 1 aliphatic rings. The summed E-state index contributed by atoms with van der Waals surface area (Å²) in [5.74, 6) is -0.184. The van der Waals surface area contributed by atoms with Crippen molar-refractivity contribution in [2.45, 2.75) is 0 Å². The fraction of sp³-hybridized carbons (Fsp3) is 0. The number of carbonyl (C=O) groups is 1. The van der Waals surface area contributed by atoms with Gasteiger partial charge in [-0.25, -0.2) is 4.99 Å². The van der Waals surface area contributed by atoms with E-state index in [1.807, 2.05) is 24.3 Å². The van der Waals surface area contributed by atoms with Crippen LogP contribution in [0, 0.1) is 0 Å². The van der Waals surface area contributed by atoms with Crippen molar-refractivity contribution in [3.8, 4) is 0 Å². The van der Waals surface area contributed by atoms with E-state index in [2.05, 4.69) is 9.98 Å². The third kappa shape index (κ3) is 0.893. The second-order valence-electron chi connectivity index (χ2n) is 3.17. The molecule has 3 rings (SSSR count). The molecule has 0 spiro atoms. The van der Waals surface area contributed by atoms with Crippen molar-refractivity contribution in [3.63, 3.8) is 0 Å². The SMILES string of the molecule is O=C1C=c2ccc3ncccc3c2=N1. The van der Waals surface area contributed by atoms with Gasteiger partial charge in [0.1, 0.15) is 0 Å². The van der Waals surface area contributed by atoms with Gasteiger partial charge in [0.05, 0.1) is 10.9 Å². The lowest BCUT2D eigenvalue weighted by Crippen LogP contribution is -2.21. The van der Waals surface area contributed by atoms with Crippen molar-refractivity contribution in [1.82, 2.24) is 4.98 Å². The molecule has 2 aromatic rings. The summed E-state index contributed by atoms with van der Waals surface area (Å²) in [4.78, 5) is 19.2. The van der Waals surface area contributed by atoms with E-state index in [1.165, 1.54) is 0 Å². The van der Waals surface area contributed by atoms with Gasteiger partial charge in [0.25, 0.3) is 5.91 Å². The number of rotatable bonds is 0. The second-order valence-corrected chi connectivity index (χ2v) is 3.17. The van der Waals surface area contributed by atoms with Gasteiger partial charge in [-0.05, 0) is 18.2 Å². The zero-order chi connectivity index (χ0) is 9.54. The third-order valence-corrected chi connectivity index (χ3v) is 2.29. The van der Waals surface area contributed by atoms with Crippen molar-refractivity contribution in [1.29, 1.82) is 0 Å². The molecule has 0 unspecified atom stereocenters. The van der Waals surface area contributed by atoms with Crippen LogP contribution < -0.4 is 10.6 Å². The molecule has 0 saturated heterocycles. The molecule has 66 valence electrons. The maximum absolute atomic E-state index is 11.1. The Morgan fingerprint density at radius 1 is 1.14 bits per heavy atom. The summed E-state index contributed by atoms with van der Waals surface area (Å²) >= 11 is 0. The maximum Gasteiger partial charge on any atom is 0.270 e. The Morgan fingerprint density at radius 3 is 3.00 bits per heavy atom. The molecule has 0 aliphatic carbocycles. The number of hydrogen-bond acceptors (Lipinski definition) is 2. The van der Waals surface area contributed by atoms with Gasteiger partial charge in [0.15, 0.2) is 0 Å². The average Bonchev–Trinajstić information content (AvgIpc) is 2.59. The molecule has 14 heavy (non-hydrogen) atoms. The zero-order valence-corrected chi connectivity index (χ0v) is 7.27. The highest BCUT2D eigenvalue weighted by Gasteiger charge is 2.06.